The molecule has 0 fully saturated rings. The molecule has 4 nitrogen and oxygen atoms in total. The Labute approximate surface area is 96.9 Å². The molecule has 86 valence electrons. The van der Waals surface area contributed by atoms with Gasteiger partial charge < -0.3 is 5.32 Å². The minimum atomic E-state index is -0.653. The molecule has 0 unspecified atom stereocenters. The number of rotatable bonds is 2. The third-order valence-electron chi connectivity index (χ3n) is 2.25. The molecule has 1 heterocycles. The summed E-state index contributed by atoms with van der Waals surface area (Å²) in [7, 11) is 0. The molecule has 0 saturated carbocycles. The summed E-state index contributed by atoms with van der Waals surface area (Å²) in [5.41, 5.74) is -0.0171. The lowest BCUT2D eigenvalue weighted by molar-refractivity contribution is -0.114. The van der Waals surface area contributed by atoms with Crippen molar-refractivity contribution in [1.29, 1.82) is 0 Å². The lowest BCUT2D eigenvalue weighted by atomic mass is 10.1. The minimum Gasteiger partial charge on any atom is -0.318 e. The number of nitrogens with one attached hydrogen (secondary N) is 1. The smallest absolute Gasteiger partial charge is 0.258 e. The van der Waals surface area contributed by atoms with E-state index in [2.05, 4.69) is 10.3 Å². The lowest BCUT2D eigenvalue weighted by Crippen LogP contribution is -2.29. The van der Waals surface area contributed by atoms with Crippen molar-refractivity contribution in [3.8, 4) is 0 Å². The molecular weight excluding hydrogens is 223 g/mol. The van der Waals surface area contributed by atoms with Crippen LogP contribution in [0.1, 0.15) is 16.8 Å². The predicted molar refractivity (Wildman–Crippen MR) is 60.1 cm³/mol. The molecule has 1 aliphatic rings. The van der Waals surface area contributed by atoms with Gasteiger partial charge in [0.15, 0.2) is 5.78 Å². The number of allylic oxidation sites excluding steroid dienone is 1. The van der Waals surface area contributed by atoms with E-state index in [4.69, 9.17) is 0 Å². The highest BCUT2D eigenvalue weighted by molar-refractivity contribution is 6.08. The second-order valence-corrected chi connectivity index (χ2v) is 3.44. The standard InChI is InChI=1S/C12H9FN2O2/c13-9-4-2-1-3-8(9)12(17)15-10-7-14-6-5-11(10)16/h1-4,6-7H,5H2,(H,15,17). The SMILES string of the molecule is O=C1CC=NC=C1NC(=O)c1ccccc1F. The van der Waals surface area contributed by atoms with E-state index in [-0.39, 0.29) is 23.5 Å². The van der Waals surface area contributed by atoms with E-state index >= 15 is 0 Å². The van der Waals surface area contributed by atoms with Crippen LogP contribution in [0.5, 0.6) is 0 Å². The largest absolute Gasteiger partial charge is 0.318 e. The Hall–Kier alpha value is -2.30. The van der Waals surface area contributed by atoms with E-state index in [1.54, 1.807) is 6.07 Å². The second-order valence-electron chi connectivity index (χ2n) is 3.44. The number of ketones is 1. The van der Waals surface area contributed by atoms with Gasteiger partial charge >= 0.3 is 0 Å². The molecule has 2 rings (SSSR count). The van der Waals surface area contributed by atoms with Crippen molar-refractivity contribution in [2.45, 2.75) is 6.42 Å². The molecule has 1 aromatic rings. The van der Waals surface area contributed by atoms with Crippen LogP contribution in [0.15, 0.2) is 41.2 Å². The first-order valence-corrected chi connectivity index (χ1v) is 4.99. The maximum atomic E-state index is 13.3. The van der Waals surface area contributed by atoms with Gasteiger partial charge in [-0.3, -0.25) is 14.6 Å². The first-order chi connectivity index (χ1) is 8.18. The summed E-state index contributed by atoms with van der Waals surface area (Å²) < 4.78 is 13.3. The van der Waals surface area contributed by atoms with Gasteiger partial charge in [0.05, 0.1) is 11.8 Å². The summed E-state index contributed by atoms with van der Waals surface area (Å²) in [5, 5.41) is 2.34. The van der Waals surface area contributed by atoms with E-state index in [0.29, 0.717) is 0 Å². The van der Waals surface area contributed by atoms with Crippen molar-refractivity contribution in [1.82, 2.24) is 5.32 Å². The van der Waals surface area contributed by atoms with Gasteiger partial charge in [0.25, 0.3) is 5.91 Å². The molecular formula is C12H9FN2O2. The van der Waals surface area contributed by atoms with E-state index in [1.807, 2.05) is 0 Å². The van der Waals surface area contributed by atoms with Crippen molar-refractivity contribution in [2.24, 2.45) is 4.99 Å². The number of hydrogen-bond donors (Lipinski definition) is 1. The normalized spacial score (nSPS) is 14.4. The van der Waals surface area contributed by atoms with Crippen molar-refractivity contribution in [2.75, 3.05) is 0 Å². The highest BCUT2D eigenvalue weighted by Gasteiger charge is 2.17. The van der Waals surface area contributed by atoms with Crippen LogP contribution in [-0.4, -0.2) is 17.9 Å². The molecule has 0 saturated heterocycles. The summed E-state index contributed by atoms with van der Waals surface area (Å²) in [4.78, 5) is 26.8. The van der Waals surface area contributed by atoms with Crippen LogP contribution in [0.2, 0.25) is 0 Å². The van der Waals surface area contributed by atoms with Gasteiger partial charge in [-0.1, -0.05) is 12.1 Å². The number of hydrogen-bond acceptors (Lipinski definition) is 3. The maximum absolute atomic E-state index is 13.3. The van der Waals surface area contributed by atoms with Gasteiger partial charge in [-0.25, -0.2) is 4.39 Å². The predicted octanol–water partition coefficient (Wildman–Crippen LogP) is 1.44. The molecule has 1 aliphatic heterocycles. The second kappa shape index (κ2) is 4.69. The third-order valence-corrected chi connectivity index (χ3v) is 2.25. The van der Waals surface area contributed by atoms with Crippen molar-refractivity contribution < 1.29 is 14.0 Å². The number of Topliss-reactive ketones (excluding diaryl/α,β-unsaturated/α-hetero) is 1. The molecule has 17 heavy (non-hydrogen) atoms. The molecule has 0 bridgehead atoms. The van der Waals surface area contributed by atoms with Crippen molar-refractivity contribution in [3.63, 3.8) is 0 Å². The average Bonchev–Trinajstić information content (AvgIpc) is 2.32. The Morgan fingerprint density at radius 2 is 2.12 bits per heavy atom. The number of carbonyl (C=O) groups excluding carboxylic acids is 2. The molecule has 1 aromatic carbocycles. The van der Waals surface area contributed by atoms with E-state index in [0.717, 1.165) is 0 Å². The summed E-state index contributed by atoms with van der Waals surface area (Å²) in [6.45, 7) is 0. The quantitative estimate of drug-likeness (QED) is 0.838. The number of benzene rings is 1. The zero-order valence-corrected chi connectivity index (χ0v) is 8.81. The van der Waals surface area contributed by atoms with E-state index in [1.165, 1.54) is 30.6 Å². The molecule has 5 heteroatoms. The fourth-order valence-electron chi connectivity index (χ4n) is 1.38. The highest BCUT2D eigenvalue weighted by atomic mass is 19.1. The fourth-order valence-corrected chi connectivity index (χ4v) is 1.38. The number of halogens is 1. The van der Waals surface area contributed by atoms with Gasteiger partial charge in [-0.2, -0.15) is 0 Å². The number of nitrogens with zero attached hydrogens (tertiary/aromatic N) is 1. The summed E-state index contributed by atoms with van der Waals surface area (Å²) in [6, 6.07) is 5.57. The zero-order chi connectivity index (χ0) is 12.3. The molecule has 1 amide bonds. The Morgan fingerprint density at radius 1 is 1.35 bits per heavy atom. The maximum Gasteiger partial charge on any atom is 0.258 e. The highest BCUT2D eigenvalue weighted by Crippen LogP contribution is 2.08. The van der Waals surface area contributed by atoms with Gasteiger partial charge in [0, 0.05) is 12.6 Å². The van der Waals surface area contributed by atoms with Gasteiger partial charge in [0.1, 0.15) is 11.5 Å². The first kappa shape index (κ1) is 11.2. The summed E-state index contributed by atoms with van der Waals surface area (Å²) in [6.07, 6.45) is 2.84. The Morgan fingerprint density at radius 3 is 2.82 bits per heavy atom. The van der Waals surface area contributed by atoms with Crippen LogP contribution >= 0.6 is 0 Å². The van der Waals surface area contributed by atoms with Crippen LogP contribution in [0.3, 0.4) is 0 Å². The van der Waals surface area contributed by atoms with E-state index < -0.39 is 11.7 Å². The molecule has 0 spiro atoms. The zero-order valence-electron chi connectivity index (χ0n) is 8.81. The third kappa shape index (κ3) is 2.44. The van der Waals surface area contributed by atoms with Crippen LogP contribution < -0.4 is 5.32 Å². The Kier molecular flexibility index (Phi) is 3.09. The topological polar surface area (TPSA) is 58.5 Å². The number of amides is 1. The molecule has 0 aliphatic carbocycles. The van der Waals surface area contributed by atoms with Crippen LogP contribution in [0.4, 0.5) is 4.39 Å². The molecule has 0 aromatic heterocycles. The number of aliphatic imine (C=N–C) groups is 1. The van der Waals surface area contributed by atoms with Crippen LogP contribution in [0, 0.1) is 5.82 Å². The Bertz CT molecular complexity index is 535. The fraction of sp³-hybridized carbons (Fsp3) is 0.0833. The first-order valence-electron chi connectivity index (χ1n) is 4.99. The van der Waals surface area contributed by atoms with Crippen molar-refractivity contribution >= 4 is 17.9 Å². The Balaban J connectivity index is 2.18. The van der Waals surface area contributed by atoms with Crippen LogP contribution in [-0.2, 0) is 4.79 Å². The molecule has 1 N–H and O–H groups in total. The minimum absolute atomic E-state index is 0.0840. The molecule has 0 atom stereocenters. The van der Waals surface area contributed by atoms with Crippen LogP contribution in [0.25, 0.3) is 0 Å². The number of carbonyl (C=O) groups is 2. The van der Waals surface area contributed by atoms with Gasteiger partial charge in [-0.05, 0) is 12.1 Å². The van der Waals surface area contributed by atoms with Gasteiger partial charge in [0.2, 0.25) is 0 Å². The molecule has 0 radical (unpaired) electrons. The summed E-state index contributed by atoms with van der Waals surface area (Å²) in [5.74, 6) is -1.53. The average molecular weight is 232 g/mol. The lowest BCUT2D eigenvalue weighted by Gasteiger charge is -2.09. The summed E-state index contributed by atoms with van der Waals surface area (Å²) >= 11 is 0. The monoisotopic (exact) mass is 232 g/mol. The van der Waals surface area contributed by atoms with E-state index in [9.17, 15) is 14.0 Å². The van der Waals surface area contributed by atoms with Crippen molar-refractivity contribution in [3.05, 3.63) is 47.5 Å². The van der Waals surface area contributed by atoms with Gasteiger partial charge in [-0.15, -0.1) is 0 Å².